The van der Waals surface area contributed by atoms with Crippen LogP contribution in [0.2, 0.25) is 0 Å². The van der Waals surface area contributed by atoms with E-state index in [2.05, 4.69) is 9.71 Å². The highest BCUT2D eigenvalue weighted by Gasteiger charge is 2.48. The third-order valence-electron chi connectivity index (χ3n) is 8.01. The highest BCUT2D eigenvalue weighted by molar-refractivity contribution is 7.92. The third kappa shape index (κ3) is 5.06. The molecule has 1 saturated heterocycles. The normalized spacial score (nSPS) is 18.5. The number of hydrogen-bond acceptors (Lipinski definition) is 6. The van der Waals surface area contributed by atoms with Gasteiger partial charge in [0.15, 0.2) is 0 Å². The Kier molecular flexibility index (Phi) is 6.81. The van der Waals surface area contributed by atoms with E-state index < -0.39 is 36.4 Å². The van der Waals surface area contributed by atoms with E-state index in [1.807, 2.05) is 48.5 Å². The summed E-state index contributed by atoms with van der Waals surface area (Å²) >= 11 is 0. The number of nitrogens with two attached hydrogens (primary N) is 1. The summed E-state index contributed by atoms with van der Waals surface area (Å²) in [5, 5.41) is 0.919. The van der Waals surface area contributed by atoms with E-state index >= 15 is 0 Å². The van der Waals surface area contributed by atoms with Crippen molar-refractivity contribution >= 4 is 42.5 Å². The van der Waals surface area contributed by atoms with Crippen LogP contribution >= 0.6 is 0 Å². The Bertz CT molecular complexity index is 1620. The molecule has 0 radical (unpaired) electrons. The molecule has 1 fully saturated rings. The molecule has 1 amide bonds. The quantitative estimate of drug-likeness (QED) is 0.394. The molecule has 12 heteroatoms. The summed E-state index contributed by atoms with van der Waals surface area (Å²) in [5.74, 6) is -0.325. The summed E-state index contributed by atoms with van der Waals surface area (Å²) in [7, 11) is -7.48. The Morgan fingerprint density at radius 1 is 1.08 bits per heavy atom. The molecule has 0 saturated carbocycles. The molecule has 210 valence electrons. The van der Waals surface area contributed by atoms with Crippen LogP contribution in [0.5, 0.6) is 0 Å². The molecule has 10 nitrogen and oxygen atoms in total. The second-order valence-corrected chi connectivity index (χ2v) is 15.4. The highest BCUT2D eigenvalue weighted by atomic mass is 32.2. The fourth-order valence-corrected chi connectivity index (χ4v) is 7.58. The Hall–Kier alpha value is -2.93. The molecule has 2 aliphatic heterocycles. The Morgan fingerprint density at radius 3 is 2.38 bits per heavy atom. The maximum atomic E-state index is 13.9. The first-order valence-electron chi connectivity index (χ1n) is 12.9. The smallest absolute Gasteiger partial charge is 0.241 e. The molecule has 0 aliphatic carbocycles. The van der Waals surface area contributed by atoms with Crippen LogP contribution < -0.4 is 14.8 Å². The largest absolute Gasteiger partial charge is 0.361 e. The number of aromatic amines is 1. The predicted octanol–water partition coefficient (Wildman–Crippen LogP) is 2.03. The fourth-order valence-electron chi connectivity index (χ4n) is 5.72. The van der Waals surface area contributed by atoms with Gasteiger partial charge in [-0.2, -0.15) is 0 Å². The van der Waals surface area contributed by atoms with Crippen LogP contribution in [0, 0.1) is 0 Å². The molecular weight excluding hydrogens is 538 g/mol. The summed E-state index contributed by atoms with van der Waals surface area (Å²) in [5.41, 5.74) is 8.93. The molecule has 1 aromatic heterocycles. The SMILES string of the molecule is CC(C)(N)S(=O)(=O)NC(Cc1c[nH]c2ccccc12)C(=O)N1CCC2(CC1)CN(S(C)(=O)=O)c1ccccc12. The molecule has 39 heavy (non-hydrogen) atoms. The van der Waals surface area contributed by atoms with Gasteiger partial charge in [0.25, 0.3) is 0 Å². The standard InChI is InChI=1S/C27H35N5O5S2/c1-26(2,28)39(36,37)30-23(16-19-17-29-22-10-6-4-8-20(19)22)25(33)31-14-12-27(13-15-31)18-32(38(3,34)35)24-11-7-5-9-21(24)27/h4-11,17,23,29-30H,12-16,18,28H2,1-3H3. The minimum absolute atomic E-state index is 0.157. The molecule has 4 N–H and O–H groups in total. The number of rotatable bonds is 7. The van der Waals surface area contributed by atoms with Crippen molar-refractivity contribution in [2.75, 3.05) is 30.2 Å². The number of likely N-dealkylation sites (tertiary alicyclic amines) is 1. The lowest BCUT2D eigenvalue weighted by atomic mass is 9.74. The van der Waals surface area contributed by atoms with Crippen LogP contribution in [0.4, 0.5) is 5.69 Å². The van der Waals surface area contributed by atoms with Gasteiger partial charge < -0.3 is 15.6 Å². The van der Waals surface area contributed by atoms with Crippen LogP contribution in [0.1, 0.15) is 37.8 Å². The molecule has 3 aromatic rings. The minimum atomic E-state index is -4.03. The van der Waals surface area contributed by atoms with Crippen LogP contribution in [0.3, 0.4) is 0 Å². The van der Waals surface area contributed by atoms with Gasteiger partial charge in [0.1, 0.15) is 10.9 Å². The molecule has 1 atom stereocenters. The van der Waals surface area contributed by atoms with Gasteiger partial charge in [-0.25, -0.2) is 21.6 Å². The van der Waals surface area contributed by atoms with Crippen LogP contribution in [-0.2, 0) is 36.7 Å². The number of aromatic nitrogens is 1. The molecule has 3 heterocycles. The van der Waals surface area contributed by atoms with Gasteiger partial charge in [-0.1, -0.05) is 36.4 Å². The lowest BCUT2D eigenvalue weighted by Crippen LogP contribution is -2.58. The number of para-hydroxylation sites is 2. The van der Waals surface area contributed by atoms with E-state index in [0.29, 0.717) is 38.2 Å². The molecule has 2 aliphatic rings. The average Bonchev–Trinajstić information content (AvgIpc) is 3.43. The van der Waals surface area contributed by atoms with Crippen LogP contribution in [0.25, 0.3) is 10.9 Å². The van der Waals surface area contributed by atoms with Crippen LogP contribution in [-0.4, -0.2) is 69.4 Å². The summed E-state index contributed by atoms with van der Waals surface area (Å²) < 4.78 is 55.2. The first-order chi connectivity index (χ1) is 18.2. The zero-order valence-electron chi connectivity index (χ0n) is 22.3. The zero-order chi connectivity index (χ0) is 28.2. The minimum Gasteiger partial charge on any atom is -0.361 e. The summed E-state index contributed by atoms with van der Waals surface area (Å²) in [6, 6.07) is 14.1. The fraction of sp³-hybridized carbons (Fsp3) is 0.444. The number of nitrogens with one attached hydrogen (secondary N) is 2. The van der Waals surface area contributed by atoms with Crippen molar-refractivity contribution in [3.05, 3.63) is 65.9 Å². The molecule has 5 rings (SSSR count). The van der Waals surface area contributed by atoms with Crippen molar-refractivity contribution < 1.29 is 21.6 Å². The van der Waals surface area contributed by atoms with Gasteiger partial charge in [-0.05, 0) is 56.4 Å². The number of amides is 1. The van der Waals surface area contributed by atoms with Crippen molar-refractivity contribution in [3.8, 4) is 0 Å². The second-order valence-electron chi connectivity index (χ2n) is 11.2. The maximum Gasteiger partial charge on any atom is 0.241 e. The molecule has 1 spiro atoms. The number of anilines is 1. The van der Waals surface area contributed by atoms with E-state index in [1.165, 1.54) is 24.4 Å². The van der Waals surface area contributed by atoms with E-state index in [0.717, 1.165) is 22.0 Å². The first-order valence-corrected chi connectivity index (χ1v) is 16.3. The Balaban J connectivity index is 1.40. The van der Waals surface area contributed by atoms with Gasteiger partial charge >= 0.3 is 0 Å². The number of benzene rings is 2. The monoisotopic (exact) mass is 573 g/mol. The molecule has 2 aromatic carbocycles. The zero-order valence-corrected chi connectivity index (χ0v) is 24.0. The molecule has 0 bridgehead atoms. The van der Waals surface area contributed by atoms with Crippen LogP contribution in [0.15, 0.2) is 54.7 Å². The second kappa shape index (κ2) is 9.61. The number of carbonyl (C=O) groups is 1. The number of sulfonamides is 2. The highest BCUT2D eigenvalue weighted by Crippen LogP contribution is 2.47. The lowest BCUT2D eigenvalue weighted by molar-refractivity contribution is -0.134. The van der Waals surface area contributed by atoms with E-state index in [1.54, 1.807) is 11.1 Å². The first kappa shape index (κ1) is 27.6. The average molecular weight is 574 g/mol. The third-order valence-corrected chi connectivity index (χ3v) is 11.1. The lowest BCUT2D eigenvalue weighted by Gasteiger charge is -2.41. The van der Waals surface area contributed by atoms with Crippen molar-refractivity contribution in [2.24, 2.45) is 5.73 Å². The van der Waals surface area contributed by atoms with Gasteiger partial charge in [0, 0.05) is 42.1 Å². The van der Waals surface area contributed by atoms with E-state index in [4.69, 9.17) is 5.73 Å². The number of H-pyrrole nitrogens is 1. The number of piperidine rings is 1. The van der Waals surface area contributed by atoms with Crippen molar-refractivity contribution in [3.63, 3.8) is 0 Å². The topological polar surface area (TPSA) is 146 Å². The predicted molar refractivity (Wildman–Crippen MR) is 152 cm³/mol. The van der Waals surface area contributed by atoms with Gasteiger partial charge in [-0.15, -0.1) is 0 Å². The number of hydrogen-bond donors (Lipinski definition) is 3. The maximum absolute atomic E-state index is 13.9. The van der Waals surface area contributed by atoms with Gasteiger partial charge in [0.2, 0.25) is 26.0 Å². The summed E-state index contributed by atoms with van der Waals surface area (Å²) in [6.45, 7) is 3.86. The summed E-state index contributed by atoms with van der Waals surface area (Å²) in [4.78, 5) is 17.2. The van der Waals surface area contributed by atoms with Gasteiger partial charge in [0.05, 0.1) is 11.9 Å². The van der Waals surface area contributed by atoms with Crippen molar-refractivity contribution in [1.82, 2.24) is 14.6 Å². The number of fused-ring (bicyclic) bond motifs is 3. The number of nitrogens with zero attached hydrogens (tertiary/aromatic N) is 2. The summed E-state index contributed by atoms with van der Waals surface area (Å²) in [6.07, 6.45) is 4.30. The van der Waals surface area contributed by atoms with E-state index in [-0.39, 0.29) is 12.3 Å². The Morgan fingerprint density at radius 2 is 1.72 bits per heavy atom. The molecular formula is C27H35N5O5S2. The van der Waals surface area contributed by atoms with Crippen molar-refractivity contribution in [1.29, 1.82) is 0 Å². The van der Waals surface area contributed by atoms with E-state index in [9.17, 15) is 21.6 Å². The van der Waals surface area contributed by atoms with Crippen molar-refractivity contribution in [2.45, 2.75) is 49.4 Å². The van der Waals surface area contributed by atoms with Gasteiger partial charge in [-0.3, -0.25) is 9.10 Å². The number of carbonyl (C=O) groups excluding carboxylic acids is 1. The molecule has 1 unspecified atom stereocenters. The Labute approximate surface area is 229 Å².